The molecule has 130 valence electrons. The molecule has 0 unspecified atom stereocenters. The summed E-state index contributed by atoms with van der Waals surface area (Å²) >= 11 is 0. The first kappa shape index (κ1) is 16.6. The molecule has 0 bridgehead atoms. The summed E-state index contributed by atoms with van der Waals surface area (Å²) in [5, 5.41) is 0. The van der Waals surface area contributed by atoms with Gasteiger partial charge >= 0.3 is 12.1 Å². The van der Waals surface area contributed by atoms with Gasteiger partial charge in [-0.2, -0.15) is 0 Å². The summed E-state index contributed by atoms with van der Waals surface area (Å²) in [5.74, 6) is 1.60. The molecule has 0 aromatic carbocycles. The van der Waals surface area contributed by atoms with Crippen LogP contribution >= 0.6 is 0 Å². The summed E-state index contributed by atoms with van der Waals surface area (Å²) < 4.78 is 16.1. The van der Waals surface area contributed by atoms with Gasteiger partial charge in [0.2, 0.25) is 0 Å². The molecule has 0 radical (unpaired) electrons. The van der Waals surface area contributed by atoms with Crippen molar-refractivity contribution >= 4 is 12.1 Å². The number of carbonyl (C=O) groups excluding carboxylic acids is 2. The van der Waals surface area contributed by atoms with E-state index in [1.165, 1.54) is 6.42 Å². The van der Waals surface area contributed by atoms with Gasteiger partial charge in [0.05, 0.1) is 5.92 Å². The summed E-state index contributed by atoms with van der Waals surface area (Å²) in [7, 11) is 0. The summed E-state index contributed by atoms with van der Waals surface area (Å²) in [5.41, 5.74) is 0. The molecule has 0 spiro atoms. The van der Waals surface area contributed by atoms with Crippen molar-refractivity contribution in [2.45, 2.75) is 65.1 Å². The van der Waals surface area contributed by atoms with Crippen molar-refractivity contribution in [3.05, 3.63) is 0 Å². The Morgan fingerprint density at radius 3 is 2.65 bits per heavy atom. The van der Waals surface area contributed by atoms with E-state index in [9.17, 15) is 9.59 Å². The Hall–Kier alpha value is -1.26. The fourth-order valence-electron chi connectivity index (χ4n) is 4.30. The molecular weight excluding hydrogens is 296 g/mol. The second kappa shape index (κ2) is 6.70. The maximum absolute atomic E-state index is 12.0. The van der Waals surface area contributed by atoms with Crippen molar-refractivity contribution < 1.29 is 23.8 Å². The van der Waals surface area contributed by atoms with E-state index >= 15 is 0 Å². The lowest BCUT2D eigenvalue weighted by Gasteiger charge is -2.36. The van der Waals surface area contributed by atoms with Gasteiger partial charge in [0.1, 0.15) is 18.8 Å². The Morgan fingerprint density at radius 2 is 2.04 bits per heavy atom. The molecule has 0 aromatic heterocycles. The SMILES string of the molecule is CC(C)[C@@H]1CC[C@@H](C)C[C@H]1OC(=O)OC[C@H]1OC(=O)[C@H]2CC[C@H]21. The fourth-order valence-corrected chi connectivity index (χ4v) is 4.30. The normalized spacial score (nSPS) is 39.4. The van der Waals surface area contributed by atoms with Crippen LogP contribution in [-0.2, 0) is 19.0 Å². The number of carbonyl (C=O) groups is 2. The first-order valence-corrected chi connectivity index (χ1v) is 8.99. The van der Waals surface area contributed by atoms with E-state index in [0.29, 0.717) is 17.8 Å². The molecule has 5 heteroatoms. The van der Waals surface area contributed by atoms with Crippen LogP contribution in [0.4, 0.5) is 4.79 Å². The van der Waals surface area contributed by atoms with E-state index < -0.39 is 6.16 Å². The Labute approximate surface area is 138 Å². The average Bonchev–Trinajstić information content (AvgIpc) is 2.64. The van der Waals surface area contributed by atoms with Crippen LogP contribution in [0.2, 0.25) is 0 Å². The average molecular weight is 324 g/mol. The van der Waals surface area contributed by atoms with Gasteiger partial charge in [-0.05, 0) is 43.4 Å². The maximum Gasteiger partial charge on any atom is 0.508 e. The van der Waals surface area contributed by atoms with Crippen LogP contribution < -0.4 is 0 Å². The number of rotatable bonds is 4. The molecule has 1 heterocycles. The van der Waals surface area contributed by atoms with Crippen LogP contribution in [0, 0.1) is 29.6 Å². The minimum atomic E-state index is -0.617. The van der Waals surface area contributed by atoms with Crippen molar-refractivity contribution in [2.24, 2.45) is 29.6 Å². The second-order valence-electron chi connectivity index (χ2n) is 7.87. The van der Waals surface area contributed by atoms with Gasteiger partial charge in [-0.25, -0.2) is 4.79 Å². The van der Waals surface area contributed by atoms with Crippen LogP contribution in [-0.4, -0.2) is 30.9 Å². The van der Waals surface area contributed by atoms with Crippen molar-refractivity contribution in [1.82, 2.24) is 0 Å². The minimum absolute atomic E-state index is 0.0316. The lowest BCUT2D eigenvalue weighted by molar-refractivity contribution is -0.145. The Morgan fingerprint density at radius 1 is 1.26 bits per heavy atom. The van der Waals surface area contributed by atoms with E-state index in [0.717, 1.165) is 25.7 Å². The molecule has 3 fully saturated rings. The first-order chi connectivity index (χ1) is 11.0. The third-order valence-corrected chi connectivity index (χ3v) is 5.95. The number of hydrogen-bond donors (Lipinski definition) is 0. The van der Waals surface area contributed by atoms with Crippen LogP contribution in [0.3, 0.4) is 0 Å². The van der Waals surface area contributed by atoms with E-state index in [4.69, 9.17) is 14.2 Å². The lowest BCUT2D eigenvalue weighted by Crippen LogP contribution is -2.37. The summed E-state index contributed by atoms with van der Waals surface area (Å²) in [4.78, 5) is 23.6. The third kappa shape index (κ3) is 3.48. The van der Waals surface area contributed by atoms with Gasteiger partial charge in [-0.15, -0.1) is 0 Å². The van der Waals surface area contributed by atoms with E-state index in [2.05, 4.69) is 20.8 Å². The highest BCUT2D eigenvalue weighted by atomic mass is 16.7. The molecule has 3 aliphatic rings. The van der Waals surface area contributed by atoms with Crippen molar-refractivity contribution in [3.63, 3.8) is 0 Å². The van der Waals surface area contributed by atoms with E-state index in [1.54, 1.807) is 0 Å². The molecule has 1 saturated heterocycles. The highest BCUT2D eigenvalue weighted by Crippen LogP contribution is 2.44. The van der Waals surface area contributed by atoms with Crippen LogP contribution in [0.5, 0.6) is 0 Å². The zero-order chi connectivity index (χ0) is 16.6. The van der Waals surface area contributed by atoms with Crippen LogP contribution in [0.15, 0.2) is 0 Å². The van der Waals surface area contributed by atoms with Gasteiger partial charge in [-0.1, -0.05) is 27.2 Å². The van der Waals surface area contributed by atoms with Gasteiger partial charge < -0.3 is 14.2 Å². The summed E-state index contributed by atoms with van der Waals surface area (Å²) in [6, 6.07) is 0. The Bertz CT molecular complexity index is 460. The third-order valence-electron chi connectivity index (χ3n) is 5.95. The number of esters is 1. The fraction of sp³-hybridized carbons (Fsp3) is 0.889. The molecule has 5 nitrogen and oxygen atoms in total. The topological polar surface area (TPSA) is 61.8 Å². The maximum atomic E-state index is 12.0. The largest absolute Gasteiger partial charge is 0.508 e. The highest BCUT2D eigenvalue weighted by Gasteiger charge is 2.50. The second-order valence-corrected chi connectivity index (χ2v) is 7.87. The predicted octanol–water partition coefficient (Wildman–Crippen LogP) is 3.55. The number of ether oxygens (including phenoxy) is 3. The Kier molecular flexibility index (Phi) is 4.83. The minimum Gasteiger partial charge on any atom is -0.458 e. The standard InChI is InChI=1S/C18H28O5/c1-10(2)12-5-4-11(3)8-15(12)23-18(20)21-9-16-13-6-7-14(13)17(19)22-16/h10-16H,4-9H2,1-3H3/t11-,12+,13-,14+,15-,16-/m1/s1. The zero-order valence-corrected chi connectivity index (χ0v) is 14.3. The Balaban J connectivity index is 1.47. The first-order valence-electron chi connectivity index (χ1n) is 8.99. The molecule has 0 aromatic rings. The molecule has 2 saturated carbocycles. The van der Waals surface area contributed by atoms with Crippen LogP contribution in [0.25, 0.3) is 0 Å². The quantitative estimate of drug-likeness (QED) is 0.740. The molecular formula is C18H28O5. The van der Waals surface area contributed by atoms with Gasteiger partial charge in [0, 0.05) is 5.92 Å². The van der Waals surface area contributed by atoms with Crippen molar-refractivity contribution in [3.8, 4) is 0 Å². The molecule has 2 aliphatic carbocycles. The number of fused-ring (bicyclic) bond motifs is 1. The molecule has 6 atom stereocenters. The molecule has 0 amide bonds. The summed E-state index contributed by atoms with van der Waals surface area (Å²) in [6.07, 6.45) is 4.12. The molecule has 23 heavy (non-hydrogen) atoms. The lowest BCUT2D eigenvalue weighted by atomic mass is 9.73. The smallest absolute Gasteiger partial charge is 0.458 e. The molecule has 0 N–H and O–H groups in total. The number of hydrogen-bond acceptors (Lipinski definition) is 5. The highest BCUT2D eigenvalue weighted by molar-refractivity contribution is 5.76. The zero-order valence-electron chi connectivity index (χ0n) is 14.3. The van der Waals surface area contributed by atoms with Gasteiger partial charge in [0.25, 0.3) is 0 Å². The monoisotopic (exact) mass is 324 g/mol. The van der Waals surface area contributed by atoms with Gasteiger partial charge in [-0.3, -0.25) is 4.79 Å². The van der Waals surface area contributed by atoms with Gasteiger partial charge in [0.15, 0.2) is 0 Å². The van der Waals surface area contributed by atoms with Crippen LogP contribution in [0.1, 0.15) is 52.9 Å². The van der Waals surface area contributed by atoms with E-state index in [1.807, 2.05) is 0 Å². The van der Waals surface area contributed by atoms with Crippen molar-refractivity contribution in [1.29, 1.82) is 0 Å². The summed E-state index contributed by atoms with van der Waals surface area (Å²) in [6.45, 7) is 6.68. The number of cyclic esters (lactones) is 1. The van der Waals surface area contributed by atoms with E-state index in [-0.39, 0.29) is 36.6 Å². The van der Waals surface area contributed by atoms with Crippen molar-refractivity contribution in [2.75, 3.05) is 6.61 Å². The molecule has 3 rings (SSSR count). The predicted molar refractivity (Wildman–Crippen MR) is 83.7 cm³/mol. The molecule has 1 aliphatic heterocycles.